The van der Waals surface area contributed by atoms with Crippen molar-refractivity contribution < 1.29 is 19.1 Å². The Hall–Kier alpha value is -0.640. The highest BCUT2D eigenvalue weighted by atomic mass is 31.2. The molecule has 0 aliphatic carbocycles. The van der Waals surface area contributed by atoms with Crippen LogP contribution < -0.4 is 0 Å². The molecule has 0 unspecified atom stereocenters. The predicted octanol–water partition coefficient (Wildman–Crippen LogP) is 0.589. The zero-order chi connectivity index (χ0) is 11.2. The summed E-state index contributed by atoms with van der Waals surface area (Å²) < 4.78 is 10.4. The molecule has 0 rings (SSSR count). The largest absolute Gasteiger partial charge is 0.340 e. The Morgan fingerprint density at radius 2 is 1.86 bits per heavy atom. The topological polar surface area (TPSA) is 77.8 Å². The first kappa shape index (κ1) is 13.4. The van der Waals surface area contributed by atoms with Crippen LogP contribution >= 0.6 is 7.60 Å². The van der Waals surface area contributed by atoms with Gasteiger partial charge in [0.1, 0.15) is 0 Å². The fourth-order valence-electron chi connectivity index (χ4n) is 0.932. The van der Waals surface area contributed by atoms with Gasteiger partial charge in [-0.25, -0.2) is 0 Å². The van der Waals surface area contributed by atoms with E-state index in [1.165, 1.54) is 12.2 Å². The average molecular weight is 221 g/mol. The summed E-state index contributed by atoms with van der Waals surface area (Å²) in [7, 11) is -4.03. The van der Waals surface area contributed by atoms with Gasteiger partial charge in [-0.2, -0.15) is 0 Å². The van der Waals surface area contributed by atoms with E-state index in [4.69, 9.17) is 9.79 Å². The number of carbonyl (C=O) groups excluding carboxylic acids is 1. The number of rotatable bonds is 5. The Bertz CT molecular complexity index is 254. The summed E-state index contributed by atoms with van der Waals surface area (Å²) in [5, 5.41) is 0. The predicted molar refractivity (Wildman–Crippen MR) is 54.0 cm³/mol. The normalized spacial score (nSPS) is 12.0. The van der Waals surface area contributed by atoms with Gasteiger partial charge in [-0.05, 0) is 19.9 Å². The molecule has 14 heavy (non-hydrogen) atoms. The van der Waals surface area contributed by atoms with Gasteiger partial charge in [0.25, 0.3) is 0 Å². The second kappa shape index (κ2) is 5.96. The zero-order valence-corrected chi connectivity index (χ0v) is 9.28. The Morgan fingerprint density at radius 1 is 1.36 bits per heavy atom. The van der Waals surface area contributed by atoms with E-state index in [1.807, 2.05) is 13.8 Å². The molecule has 0 aliphatic heterocycles. The van der Waals surface area contributed by atoms with E-state index >= 15 is 0 Å². The zero-order valence-electron chi connectivity index (χ0n) is 8.38. The molecule has 0 fully saturated rings. The molecule has 0 radical (unpaired) electrons. The van der Waals surface area contributed by atoms with E-state index in [0.717, 1.165) is 0 Å². The highest BCUT2D eigenvalue weighted by Gasteiger charge is 2.10. The van der Waals surface area contributed by atoms with E-state index in [2.05, 4.69) is 0 Å². The van der Waals surface area contributed by atoms with Gasteiger partial charge >= 0.3 is 7.60 Å². The molecule has 0 spiro atoms. The summed E-state index contributed by atoms with van der Waals surface area (Å²) in [4.78, 5) is 29.9. The number of allylic oxidation sites excluding steroid dienone is 1. The fourth-order valence-corrected chi connectivity index (χ4v) is 1.31. The monoisotopic (exact) mass is 221 g/mol. The lowest BCUT2D eigenvalue weighted by molar-refractivity contribution is -0.125. The minimum atomic E-state index is -4.03. The summed E-state index contributed by atoms with van der Waals surface area (Å²) in [6, 6.07) is 0. The van der Waals surface area contributed by atoms with Gasteiger partial charge < -0.3 is 14.7 Å². The summed E-state index contributed by atoms with van der Waals surface area (Å²) in [5.41, 5.74) is 0. The molecular weight excluding hydrogens is 205 g/mol. The maximum Gasteiger partial charge on any atom is 0.329 e. The molecule has 0 aliphatic rings. The summed E-state index contributed by atoms with van der Waals surface area (Å²) in [6.45, 7) is 4.88. The Balaban J connectivity index is 4.11. The first-order valence-corrected chi connectivity index (χ1v) is 6.20. The molecule has 0 aromatic rings. The van der Waals surface area contributed by atoms with Crippen molar-refractivity contribution in [1.82, 2.24) is 4.90 Å². The smallest absolute Gasteiger partial charge is 0.329 e. The summed E-state index contributed by atoms with van der Waals surface area (Å²) >= 11 is 0. The molecule has 0 heterocycles. The van der Waals surface area contributed by atoms with Crippen LogP contribution in [0.4, 0.5) is 0 Å². The molecule has 0 saturated carbocycles. The van der Waals surface area contributed by atoms with Crippen LogP contribution in [0.1, 0.15) is 13.8 Å². The maximum absolute atomic E-state index is 11.3. The molecule has 5 nitrogen and oxygen atoms in total. The van der Waals surface area contributed by atoms with E-state index in [0.29, 0.717) is 13.1 Å². The average Bonchev–Trinajstić information content (AvgIpc) is 2.04. The van der Waals surface area contributed by atoms with E-state index < -0.39 is 7.60 Å². The molecule has 2 N–H and O–H groups in total. The van der Waals surface area contributed by atoms with Crippen molar-refractivity contribution in [2.45, 2.75) is 13.8 Å². The molecule has 0 saturated heterocycles. The van der Waals surface area contributed by atoms with Gasteiger partial charge in [0.05, 0.1) is 6.16 Å². The highest BCUT2D eigenvalue weighted by Crippen LogP contribution is 2.33. The van der Waals surface area contributed by atoms with Crippen molar-refractivity contribution in [1.29, 1.82) is 0 Å². The number of carbonyl (C=O) groups is 1. The van der Waals surface area contributed by atoms with Crippen LogP contribution in [0, 0.1) is 0 Å². The van der Waals surface area contributed by atoms with Crippen LogP contribution in [0.5, 0.6) is 0 Å². The first-order chi connectivity index (χ1) is 6.40. The number of amides is 1. The van der Waals surface area contributed by atoms with Crippen molar-refractivity contribution >= 4 is 13.5 Å². The molecule has 0 atom stereocenters. The fraction of sp³-hybridized carbons (Fsp3) is 0.625. The van der Waals surface area contributed by atoms with E-state index in [1.54, 1.807) is 4.90 Å². The van der Waals surface area contributed by atoms with Crippen LogP contribution in [0.15, 0.2) is 12.2 Å². The van der Waals surface area contributed by atoms with Crippen LogP contribution in [0.2, 0.25) is 0 Å². The van der Waals surface area contributed by atoms with Crippen LogP contribution in [0.25, 0.3) is 0 Å². The molecule has 6 heteroatoms. The van der Waals surface area contributed by atoms with E-state index in [9.17, 15) is 9.36 Å². The van der Waals surface area contributed by atoms with Crippen LogP contribution in [-0.2, 0) is 9.36 Å². The van der Waals surface area contributed by atoms with Gasteiger partial charge in [0.2, 0.25) is 5.91 Å². The molecular formula is C8H16NO4P. The number of hydrogen-bond donors (Lipinski definition) is 2. The van der Waals surface area contributed by atoms with E-state index in [-0.39, 0.29) is 12.1 Å². The van der Waals surface area contributed by atoms with Crippen molar-refractivity contribution in [3.8, 4) is 0 Å². The van der Waals surface area contributed by atoms with Gasteiger partial charge in [0, 0.05) is 13.1 Å². The second-order valence-corrected chi connectivity index (χ2v) is 4.45. The molecule has 0 aromatic carbocycles. The van der Waals surface area contributed by atoms with Crippen molar-refractivity contribution in [3.63, 3.8) is 0 Å². The van der Waals surface area contributed by atoms with Gasteiger partial charge in [-0.1, -0.05) is 6.08 Å². The van der Waals surface area contributed by atoms with Crippen LogP contribution in [-0.4, -0.2) is 39.8 Å². The third kappa shape index (κ3) is 5.91. The van der Waals surface area contributed by atoms with Gasteiger partial charge in [-0.3, -0.25) is 9.36 Å². The number of likely N-dealkylation sites (N-methyl/N-ethyl adjacent to an activating group) is 1. The minimum Gasteiger partial charge on any atom is -0.340 e. The second-order valence-electron chi connectivity index (χ2n) is 2.76. The maximum atomic E-state index is 11.3. The summed E-state index contributed by atoms with van der Waals surface area (Å²) in [5.74, 6) is -0.219. The van der Waals surface area contributed by atoms with Crippen LogP contribution in [0.3, 0.4) is 0 Å². The molecule has 0 aromatic heterocycles. The lowest BCUT2D eigenvalue weighted by Gasteiger charge is -2.15. The molecule has 0 bridgehead atoms. The number of nitrogens with zero attached hydrogens (tertiary/aromatic N) is 1. The Labute approximate surface area is 83.6 Å². The Kier molecular flexibility index (Phi) is 5.69. The molecule has 82 valence electrons. The third-order valence-electron chi connectivity index (χ3n) is 1.68. The summed E-state index contributed by atoms with van der Waals surface area (Å²) in [6.07, 6.45) is 2.02. The van der Waals surface area contributed by atoms with Gasteiger partial charge in [0.15, 0.2) is 0 Å². The Morgan fingerprint density at radius 3 is 2.21 bits per heavy atom. The quantitative estimate of drug-likeness (QED) is 0.526. The highest BCUT2D eigenvalue weighted by molar-refractivity contribution is 7.51. The van der Waals surface area contributed by atoms with Gasteiger partial charge in [-0.15, -0.1) is 0 Å². The molecule has 1 amide bonds. The first-order valence-electron chi connectivity index (χ1n) is 4.40. The number of hydrogen-bond acceptors (Lipinski definition) is 2. The minimum absolute atomic E-state index is 0.219. The SMILES string of the molecule is CCN(CC)C(=O)/C=C/CP(=O)(O)O. The van der Waals surface area contributed by atoms with Crippen molar-refractivity contribution in [3.05, 3.63) is 12.2 Å². The van der Waals surface area contributed by atoms with Crippen molar-refractivity contribution in [2.75, 3.05) is 19.3 Å². The lowest BCUT2D eigenvalue weighted by atomic mass is 10.4. The van der Waals surface area contributed by atoms with Crippen molar-refractivity contribution in [2.24, 2.45) is 0 Å². The third-order valence-corrected chi connectivity index (χ3v) is 2.37. The lowest BCUT2D eigenvalue weighted by Crippen LogP contribution is -2.28. The standard InChI is InChI=1S/C8H16NO4P/c1-3-9(4-2)8(10)6-5-7-14(11,12)13/h5-6H,3-4,7H2,1-2H3,(H2,11,12,13)/b6-5+.